The fraction of sp³-hybridized carbons (Fsp3) is 0.533. The largest absolute Gasteiger partial charge is 0.496 e. The molecule has 1 aliphatic rings. The number of carbonyl (C=O) groups excluding carboxylic acids is 1. The maximum Gasteiger partial charge on any atom is 0.224 e. The normalized spacial score (nSPS) is 22.9. The molecule has 0 bridgehead atoms. The van der Waals surface area contributed by atoms with Crippen molar-refractivity contribution in [1.82, 2.24) is 4.90 Å². The molecule has 0 radical (unpaired) electrons. The van der Waals surface area contributed by atoms with Gasteiger partial charge in [0.25, 0.3) is 0 Å². The van der Waals surface area contributed by atoms with Gasteiger partial charge in [-0.25, -0.2) is 0 Å². The van der Waals surface area contributed by atoms with Gasteiger partial charge < -0.3 is 16.2 Å². The molecule has 110 valence electrons. The Bertz CT molecular complexity index is 504. The summed E-state index contributed by atoms with van der Waals surface area (Å²) < 4.78 is 5.40. The molecule has 0 spiro atoms. The number of ether oxygens (including phenoxy) is 1. The first-order valence-corrected chi connectivity index (χ1v) is 6.86. The van der Waals surface area contributed by atoms with Gasteiger partial charge in [-0.05, 0) is 37.6 Å². The number of benzene rings is 1. The van der Waals surface area contributed by atoms with Gasteiger partial charge in [-0.3, -0.25) is 9.69 Å². The average molecular weight is 277 g/mol. The number of amides is 1. The second kappa shape index (κ2) is 5.81. The lowest BCUT2D eigenvalue weighted by Crippen LogP contribution is -2.36. The van der Waals surface area contributed by atoms with E-state index in [4.69, 9.17) is 16.2 Å². The molecular formula is C15H23N3O2. The van der Waals surface area contributed by atoms with Crippen molar-refractivity contribution in [1.29, 1.82) is 0 Å². The quantitative estimate of drug-likeness (QED) is 0.836. The van der Waals surface area contributed by atoms with Crippen LogP contribution in [0.2, 0.25) is 0 Å². The molecule has 1 aliphatic heterocycles. The van der Waals surface area contributed by atoms with Crippen LogP contribution in [0, 0.1) is 5.41 Å². The smallest absolute Gasteiger partial charge is 0.224 e. The summed E-state index contributed by atoms with van der Waals surface area (Å²) in [5, 5.41) is 0. The van der Waals surface area contributed by atoms with Gasteiger partial charge in [0.05, 0.1) is 12.5 Å². The van der Waals surface area contributed by atoms with Crippen LogP contribution in [-0.2, 0) is 17.9 Å². The van der Waals surface area contributed by atoms with E-state index in [0.717, 1.165) is 36.4 Å². The van der Waals surface area contributed by atoms with E-state index in [1.54, 1.807) is 7.11 Å². The van der Waals surface area contributed by atoms with Crippen LogP contribution in [0.3, 0.4) is 0 Å². The minimum Gasteiger partial charge on any atom is -0.496 e. The first-order chi connectivity index (χ1) is 9.48. The van der Waals surface area contributed by atoms with Crippen LogP contribution in [0.4, 0.5) is 0 Å². The van der Waals surface area contributed by atoms with E-state index >= 15 is 0 Å². The van der Waals surface area contributed by atoms with Gasteiger partial charge in [0.1, 0.15) is 5.75 Å². The van der Waals surface area contributed by atoms with Crippen molar-refractivity contribution >= 4 is 5.91 Å². The molecule has 1 amide bonds. The minimum atomic E-state index is -0.418. The highest BCUT2D eigenvalue weighted by atomic mass is 16.5. The van der Waals surface area contributed by atoms with Crippen molar-refractivity contribution < 1.29 is 9.53 Å². The Labute approximate surface area is 119 Å². The SMILES string of the molecule is COc1ccc(CN)cc1CN1CCC(C)(C(N)=O)C1. The summed E-state index contributed by atoms with van der Waals surface area (Å²) in [5.41, 5.74) is 12.9. The zero-order valence-corrected chi connectivity index (χ0v) is 12.2. The maximum absolute atomic E-state index is 11.5. The predicted molar refractivity (Wildman–Crippen MR) is 78.1 cm³/mol. The Hall–Kier alpha value is -1.59. The minimum absolute atomic E-state index is 0.220. The number of carbonyl (C=O) groups is 1. The number of nitrogens with two attached hydrogens (primary N) is 2. The molecule has 0 aliphatic carbocycles. The van der Waals surface area contributed by atoms with Crippen LogP contribution in [-0.4, -0.2) is 31.0 Å². The number of primary amides is 1. The van der Waals surface area contributed by atoms with Crippen molar-refractivity contribution in [3.8, 4) is 5.75 Å². The summed E-state index contributed by atoms with van der Waals surface area (Å²) in [4.78, 5) is 13.7. The topological polar surface area (TPSA) is 81.6 Å². The average Bonchev–Trinajstić information content (AvgIpc) is 2.81. The Morgan fingerprint density at radius 3 is 2.80 bits per heavy atom. The van der Waals surface area contributed by atoms with Crippen LogP contribution in [0.15, 0.2) is 18.2 Å². The summed E-state index contributed by atoms with van der Waals surface area (Å²) in [6.45, 7) is 4.76. The highest BCUT2D eigenvalue weighted by Gasteiger charge is 2.38. The number of hydrogen-bond donors (Lipinski definition) is 2. The number of rotatable bonds is 5. The van der Waals surface area contributed by atoms with Gasteiger partial charge in [0.15, 0.2) is 0 Å². The predicted octanol–water partition coefficient (Wildman–Crippen LogP) is 0.851. The molecule has 1 atom stereocenters. The molecule has 2 rings (SSSR count). The number of likely N-dealkylation sites (tertiary alicyclic amines) is 1. The Morgan fingerprint density at radius 1 is 1.50 bits per heavy atom. The van der Waals surface area contributed by atoms with E-state index in [-0.39, 0.29) is 5.91 Å². The molecule has 1 unspecified atom stereocenters. The van der Waals surface area contributed by atoms with E-state index in [9.17, 15) is 4.79 Å². The van der Waals surface area contributed by atoms with Gasteiger partial charge in [-0.1, -0.05) is 6.07 Å². The fourth-order valence-corrected chi connectivity index (χ4v) is 2.72. The third-order valence-corrected chi connectivity index (χ3v) is 4.12. The van der Waals surface area contributed by atoms with Crippen LogP contribution < -0.4 is 16.2 Å². The highest BCUT2D eigenvalue weighted by molar-refractivity contribution is 5.81. The van der Waals surface area contributed by atoms with E-state index in [2.05, 4.69) is 11.0 Å². The first-order valence-electron chi connectivity index (χ1n) is 6.86. The molecule has 1 saturated heterocycles. The lowest BCUT2D eigenvalue weighted by Gasteiger charge is -2.22. The summed E-state index contributed by atoms with van der Waals surface area (Å²) in [6.07, 6.45) is 0.807. The second-order valence-electron chi connectivity index (χ2n) is 5.74. The molecule has 1 aromatic carbocycles. The Balaban J connectivity index is 2.13. The zero-order valence-electron chi connectivity index (χ0n) is 12.2. The van der Waals surface area contributed by atoms with Crippen molar-refractivity contribution in [2.75, 3.05) is 20.2 Å². The molecule has 20 heavy (non-hydrogen) atoms. The lowest BCUT2D eigenvalue weighted by atomic mass is 9.89. The van der Waals surface area contributed by atoms with E-state index in [0.29, 0.717) is 13.1 Å². The van der Waals surface area contributed by atoms with Crippen molar-refractivity contribution in [3.63, 3.8) is 0 Å². The van der Waals surface area contributed by atoms with Gasteiger partial charge in [0, 0.05) is 25.2 Å². The molecule has 0 saturated carbocycles. The summed E-state index contributed by atoms with van der Waals surface area (Å²) in [5.74, 6) is 0.637. The Kier molecular flexibility index (Phi) is 4.30. The van der Waals surface area contributed by atoms with E-state index < -0.39 is 5.41 Å². The standard InChI is InChI=1S/C15H23N3O2/c1-15(14(17)19)5-6-18(10-15)9-12-7-11(8-16)3-4-13(12)20-2/h3-4,7H,5-6,8-10,16H2,1-2H3,(H2,17,19). The van der Waals surface area contributed by atoms with E-state index in [1.807, 2.05) is 19.1 Å². The molecule has 1 aromatic rings. The highest BCUT2D eigenvalue weighted by Crippen LogP contribution is 2.32. The molecular weight excluding hydrogens is 254 g/mol. The maximum atomic E-state index is 11.5. The summed E-state index contributed by atoms with van der Waals surface area (Å²) >= 11 is 0. The van der Waals surface area contributed by atoms with Crippen molar-refractivity contribution in [2.24, 2.45) is 16.9 Å². The number of nitrogens with zero attached hydrogens (tertiary/aromatic N) is 1. The molecule has 4 N–H and O–H groups in total. The molecule has 0 aromatic heterocycles. The van der Waals surface area contributed by atoms with Gasteiger partial charge in [0.2, 0.25) is 5.91 Å². The van der Waals surface area contributed by atoms with Gasteiger partial charge in [-0.2, -0.15) is 0 Å². The monoisotopic (exact) mass is 277 g/mol. The molecule has 5 nitrogen and oxygen atoms in total. The van der Waals surface area contributed by atoms with Crippen molar-refractivity contribution in [3.05, 3.63) is 29.3 Å². The van der Waals surface area contributed by atoms with Crippen LogP contribution in [0.1, 0.15) is 24.5 Å². The lowest BCUT2D eigenvalue weighted by molar-refractivity contribution is -0.126. The molecule has 1 heterocycles. The number of methoxy groups -OCH3 is 1. The third-order valence-electron chi connectivity index (χ3n) is 4.12. The fourth-order valence-electron chi connectivity index (χ4n) is 2.72. The summed E-state index contributed by atoms with van der Waals surface area (Å²) in [7, 11) is 1.67. The van der Waals surface area contributed by atoms with E-state index in [1.165, 1.54) is 0 Å². The first kappa shape index (κ1) is 14.8. The van der Waals surface area contributed by atoms with Gasteiger partial charge >= 0.3 is 0 Å². The second-order valence-corrected chi connectivity index (χ2v) is 5.74. The third kappa shape index (κ3) is 2.94. The van der Waals surface area contributed by atoms with Crippen molar-refractivity contribution in [2.45, 2.75) is 26.4 Å². The Morgan fingerprint density at radius 2 is 2.25 bits per heavy atom. The summed E-state index contributed by atoms with van der Waals surface area (Å²) in [6, 6.07) is 5.99. The molecule has 1 fully saturated rings. The van der Waals surface area contributed by atoms with Gasteiger partial charge in [-0.15, -0.1) is 0 Å². The zero-order chi connectivity index (χ0) is 14.8. The van der Waals surface area contributed by atoms with Crippen LogP contribution in [0.25, 0.3) is 0 Å². The van der Waals surface area contributed by atoms with Crippen LogP contribution >= 0.6 is 0 Å². The van der Waals surface area contributed by atoms with Crippen LogP contribution in [0.5, 0.6) is 5.75 Å². The number of hydrogen-bond acceptors (Lipinski definition) is 4. The molecule has 5 heteroatoms.